The molecule has 2 aliphatic rings. The zero-order chi connectivity index (χ0) is 19.0. The van der Waals surface area contributed by atoms with Crippen LogP contribution in [0.2, 0.25) is 18.1 Å². The molecule has 0 amide bonds. The van der Waals surface area contributed by atoms with Crippen molar-refractivity contribution in [3.05, 3.63) is 23.8 Å². The van der Waals surface area contributed by atoms with Crippen LogP contribution in [0.5, 0.6) is 0 Å². The molecule has 0 unspecified atom stereocenters. The number of rotatable bonds is 4. The van der Waals surface area contributed by atoms with Crippen LogP contribution >= 0.6 is 0 Å². The molecule has 25 heavy (non-hydrogen) atoms. The van der Waals surface area contributed by atoms with Gasteiger partial charge in [-0.25, -0.2) is 0 Å². The summed E-state index contributed by atoms with van der Waals surface area (Å²) in [4.78, 5) is 0. The minimum absolute atomic E-state index is 0.0399. The molecule has 0 aromatic heterocycles. The number of aliphatic hydroxyl groups excluding tert-OH is 1. The third-order valence-electron chi connectivity index (χ3n) is 6.60. The molecular weight excluding hydrogens is 328 g/mol. The van der Waals surface area contributed by atoms with Gasteiger partial charge >= 0.3 is 0 Å². The van der Waals surface area contributed by atoms with E-state index < -0.39 is 14.4 Å². The van der Waals surface area contributed by atoms with Crippen molar-refractivity contribution in [2.24, 2.45) is 5.92 Å². The lowest BCUT2D eigenvalue weighted by atomic mass is 9.82. The average Bonchev–Trinajstić information content (AvgIpc) is 3.15. The Morgan fingerprint density at radius 3 is 2.68 bits per heavy atom. The third-order valence-corrected chi connectivity index (χ3v) is 11.1. The lowest BCUT2D eigenvalue weighted by Crippen LogP contribution is -2.42. The van der Waals surface area contributed by atoms with Gasteiger partial charge in [-0.1, -0.05) is 39.0 Å². The number of aliphatic hydroxyl groups is 1. The predicted molar refractivity (Wildman–Crippen MR) is 107 cm³/mol. The molecule has 1 aliphatic carbocycles. The molecule has 1 fully saturated rings. The summed E-state index contributed by atoms with van der Waals surface area (Å²) in [5.41, 5.74) is 2.24. The summed E-state index contributed by atoms with van der Waals surface area (Å²) in [6.45, 7) is 20.4. The second-order valence-corrected chi connectivity index (χ2v) is 14.6. The number of fused-ring (bicyclic) bond motifs is 1. The van der Waals surface area contributed by atoms with Crippen molar-refractivity contribution in [1.82, 2.24) is 0 Å². The fourth-order valence-corrected chi connectivity index (χ4v) is 4.38. The number of epoxide rings is 1. The fourth-order valence-electron chi connectivity index (χ4n) is 3.40. The van der Waals surface area contributed by atoms with Crippen LogP contribution in [0.15, 0.2) is 23.8 Å². The zero-order valence-electron chi connectivity index (χ0n) is 17.3. The van der Waals surface area contributed by atoms with Crippen LogP contribution in [-0.4, -0.2) is 37.8 Å². The molecule has 0 bridgehead atoms. The number of allylic oxidation sites excluding steroid dienone is 2. The van der Waals surface area contributed by atoms with Crippen molar-refractivity contribution in [1.29, 1.82) is 0 Å². The molecule has 144 valence electrons. The summed E-state index contributed by atoms with van der Waals surface area (Å²) < 4.78 is 12.3. The van der Waals surface area contributed by atoms with Crippen LogP contribution in [0.3, 0.4) is 0 Å². The van der Waals surface area contributed by atoms with Gasteiger partial charge in [-0.2, -0.15) is 0 Å². The molecule has 1 aliphatic heterocycles. The van der Waals surface area contributed by atoms with Crippen LogP contribution in [0.4, 0.5) is 0 Å². The van der Waals surface area contributed by atoms with Crippen LogP contribution in [0, 0.1) is 5.92 Å². The van der Waals surface area contributed by atoms with Gasteiger partial charge in [0.15, 0.2) is 8.32 Å². The quantitative estimate of drug-likeness (QED) is 0.421. The van der Waals surface area contributed by atoms with E-state index in [4.69, 9.17) is 9.16 Å². The number of hydrogen-bond donors (Lipinski definition) is 1. The Kier molecular flexibility index (Phi) is 6.10. The molecule has 0 aromatic rings. The average molecular weight is 367 g/mol. The largest absolute Gasteiger partial charge is 0.413 e. The van der Waals surface area contributed by atoms with Crippen LogP contribution in [0.1, 0.15) is 60.3 Å². The van der Waals surface area contributed by atoms with Crippen molar-refractivity contribution in [2.75, 3.05) is 6.61 Å². The van der Waals surface area contributed by atoms with E-state index in [0.29, 0.717) is 6.61 Å². The SMILES string of the molecule is C=C(CO[Si](C)(C)C(C)(C)C)[C@@H]1CC/C(C)=C/CC[C@@]2(C)O[C@H]2[C@H]1O. The summed E-state index contributed by atoms with van der Waals surface area (Å²) in [6.07, 6.45) is 5.72. The van der Waals surface area contributed by atoms with Crippen molar-refractivity contribution in [2.45, 2.75) is 96.2 Å². The zero-order valence-corrected chi connectivity index (χ0v) is 18.3. The van der Waals surface area contributed by atoms with Gasteiger partial charge in [-0.3, -0.25) is 0 Å². The maximum atomic E-state index is 11.0. The van der Waals surface area contributed by atoms with E-state index >= 15 is 0 Å². The Labute approximate surface area is 155 Å². The topological polar surface area (TPSA) is 42.0 Å². The molecule has 2 rings (SSSR count). The smallest absolute Gasteiger partial charge is 0.192 e. The molecule has 0 saturated carbocycles. The molecule has 1 saturated heterocycles. The van der Waals surface area contributed by atoms with Gasteiger partial charge in [-0.05, 0) is 63.2 Å². The molecule has 3 nitrogen and oxygen atoms in total. The Morgan fingerprint density at radius 2 is 2.08 bits per heavy atom. The highest BCUT2D eigenvalue weighted by Crippen LogP contribution is 2.46. The van der Waals surface area contributed by atoms with E-state index in [0.717, 1.165) is 31.3 Å². The summed E-state index contributed by atoms with van der Waals surface area (Å²) in [6, 6.07) is 0. The first-order valence-corrected chi connectivity index (χ1v) is 12.6. The first kappa shape index (κ1) is 20.9. The minimum Gasteiger partial charge on any atom is -0.413 e. The van der Waals surface area contributed by atoms with E-state index in [-0.39, 0.29) is 22.7 Å². The molecule has 0 spiro atoms. The molecule has 4 heteroatoms. The first-order chi connectivity index (χ1) is 11.4. The summed E-state index contributed by atoms with van der Waals surface area (Å²) in [5, 5.41) is 11.1. The monoisotopic (exact) mass is 366 g/mol. The van der Waals surface area contributed by atoms with Gasteiger partial charge in [0.05, 0.1) is 18.3 Å². The third kappa shape index (κ3) is 4.85. The standard InChI is InChI=1S/C21H38O3Si/c1-15-10-9-13-21(6)19(24-21)18(22)17(12-11-15)16(2)14-23-25(7,8)20(3,4)5/h10,17-19,22H,2,9,11-14H2,1,3-8H3/b15-10+/t17-,18-,19-,21+/m0/s1. The van der Waals surface area contributed by atoms with Crippen molar-refractivity contribution < 1.29 is 14.3 Å². The highest BCUT2D eigenvalue weighted by atomic mass is 28.4. The van der Waals surface area contributed by atoms with Gasteiger partial charge in [0.1, 0.15) is 6.10 Å². The van der Waals surface area contributed by atoms with E-state index in [1.54, 1.807) is 0 Å². The van der Waals surface area contributed by atoms with Crippen molar-refractivity contribution >= 4 is 8.32 Å². The van der Waals surface area contributed by atoms with Crippen molar-refractivity contribution in [3.8, 4) is 0 Å². The fraction of sp³-hybridized carbons (Fsp3) is 0.810. The molecular formula is C21H38O3Si. The lowest BCUT2D eigenvalue weighted by Gasteiger charge is -2.37. The Hall–Kier alpha value is -0.423. The summed E-state index contributed by atoms with van der Waals surface area (Å²) >= 11 is 0. The maximum absolute atomic E-state index is 11.0. The maximum Gasteiger partial charge on any atom is 0.192 e. The molecule has 4 atom stereocenters. The second-order valence-electron chi connectivity index (χ2n) is 9.78. The highest BCUT2D eigenvalue weighted by molar-refractivity contribution is 6.74. The Morgan fingerprint density at radius 1 is 1.44 bits per heavy atom. The Balaban J connectivity index is 2.07. The Bertz CT molecular complexity index is 532. The minimum atomic E-state index is -1.81. The molecule has 0 aromatic carbocycles. The second kappa shape index (κ2) is 7.30. The van der Waals surface area contributed by atoms with E-state index in [9.17, 15) is 5.11 Å². The van der Waals surface area contributed by atoms with E-state index in [2.05, 4.69) is 60.4 Å². The molecule has 1 N–H and O–H groups in total. The van der Waals surface area contributed by atoms with Crippen LogP contribution < -0.4 is 0 Å². The number of ether oxygens (including phenoxy) is 1. The normalized spacial score (nSPS) is 36.2. The van der Waals surface area contributed by atoms with E-state index in [1.165, 1.54) is 5.57 Å². The summed E-state index contributed by atoms with van der Waals surface area (Å²) in [7, 11) is -1.81. The number of hydrogen-bond acceptors (Lipinski definition) is 3. The van der Waals surface area contributed by atoms with Gasteiger partial charge in [0, 0.05) is 5.92 Å². The molecule has 0 radical (unpaired) electrons. The van der Waals surface area contributed by atoms with Gasteiger partial charge in [0.2, 0.25) is 0 Å². The lowest BCUT2D eigenvalue weighted by molar-refractivity contribution is 0.0833. The van der Waals surface area contributed by atoms with Crippen LogP contribution in [0.25, 0.3) is 0 Å². The van der Waals surface area contributed by atoms with Crippen LogP contribution in [-0.2, 0) is 9.16 Å². The van der Waals surface area contributed by atoms with Gasteiger partial charge in [-0.15, -0.1) is 0 Å². The van der Waals surface area contributed by atoms with Gasteiger partial charge in [0.25, 0.3) is 0 Å². The predicted octanol–water partition coefficient (Wildman–Crippen LogP) is 5.22. The van der Waals surface area contributed by atoms with E-state index in [1.807, 2.05) is 0 Å². The molecule has 1 heterocycles. The summed E-state index contributed by atoms with van der Waals surface area (Å²) in [5.74, 6) is 0.0399. The van der Waals surface area contributed by atoms with Gasteiger partial charge < -0.3 is 14.3 Å². The first-order valence-electron chi connectivity index (χ1n) is 9.70. The highest BCUT2D eigenvalue weighted by Gasteiger charge is 2.57. The van der Waals surface area contributed by atoms with Crippen molar-refractivity contribution in [3.63, 3.8) is 0 Å².